The first-order valence-electron chi connectivity index (χ1n) is 9.54. The lowest BCUT2D eigenvalue weighted by molar-refractivity contribution is 0.0954. The number of anilines is 1. The second-order valence-electron chi connectivity index (χ2n) is 6.93. The summed E-state index contributed by atoms with van der Waals surface area (Å²) in [5.74, 6) is -0.0335. The summed E-state index contributed by atoms with van der Waals surface area (Å²) in [7, 11) is -3.91. The molecule has 0 aliphatic carbocycles. The molecule has 4 rings (SSSR count). The van der Waals surface area contributed by atoms with Crippen molar-refractivity contribution in [3.8, 4) is 0 Å². The molecule has 0 unspecified atom stereocenters. The maximum absolute atomic E-state index is 12.7. The zero-order chi connectivity index (χ0) is 22.7. The van der Waals surface area contributed by atoms with Crippen LogP contribution in [0.5, 0.6) is 0 Å². The molecule has 0 spiro atoms. The van der Waals surface area contributed by atoms with Crippen LogP contribution in [0.1, 0.15) is 23.0 Å². The van der Waals surface area contributed by atoms with Gasteiger partial charge in [-0.15, -0.1) is 0 Å². The van der Waals surface area contributed by atoms with E-state index in [1.807, 2.05) is 30.3 Å². The molecule has 3 aromatic carbocycles. The third-order valence-corrected chi connectivity index (χ3v) is 6.20. The number of rotatable bonds is 6. The third-order valence-electron chi connectivity index (χ3n) is 4.59. The van der Waals surface area contributed by atoms with Crippen molar-refractivity contribution in [2.24, 2.45) is 5.10 Å². The van der Waals surface area contributed by atoms with E-state index in [4.69, 9.17) is 16.0 Å². The number of sulfonamides is 1. The first kappa shape index (κ1) is 21.6. The first-order chi connectivity index (χ1) is 15.3. The zero-order valence-corrected chi connectivity index (χ0v) is 18.4. The van der Waals surface area contributed by atoms with Crippen molar-refractivity contribution in [1.82, 2.24) is 5.43 Å². The maximum atomic E-state index is 12.7. The molecule has 9 heteroatoms. The highest BCUT2D eigenvalue weighted by molar-refractivity contribution is 7.92. The molecule has 0 aliphatic rings. The SMILES string of the molecule is C/C(=N/NC(=O)c1cccc(S(=O)(=O)Nc2cccc(Cl)c2)c1)c1cc2ccccc2o1. The van der Waals surface area contributed by atoms with Crippen LogP contribution in [0.25, 0.3) is 11.0 Å². The molecule has 7 nitrogen and oxygen atoms in total. The number of furan rings is 1. The number of halogens is 1. The number of hydrogen-bond acceptors (Lipinski definition) is 5. The quantitative estimate of drug-likeness (QED) is 0.306. The number of nitrogens with one attached hydrogen (secondary N) is 2. The molecule has 4 aromatic rings. The third kappa shape index (κ3) is 4.82. The minimum atomic E-state index is -3.91. The average Bonchev–Trinajstić information content (AvgIpc) is 3.21. The summed E-state index contributed by atoms with van der Waals surface area (Å²) in [6.07, 6.45) is 0. The van der Waals surface area contributed by atoms with E-state index in [-0.39, 0.29) is 10.5 Å². The van der Waals surface area contributed by atoms with Crippen molar-refractivity contribution < 1.29 is 17.6 Å². The number of benzene rings is 3. The Morgan fingerprint density at radius 3 is 2.53 bits per heavy atom. The number of fused-ring (bicyclic) bond motifs is 1. The lowest BCUT2D eigenvalue weighted by atomic mass is 10.2. The van der Waals surface area contributed by atoms with Gasteiger partial charge in [0.2, 0.25) is 0 Å². The van der Waals surface area contributed by atoms with E-state index in [9.17, 15) is 13.2 Å². The summed E-state index contributed by atoms with van der Waals surface area (Å²) in [5, 5.41) is 5.40. The van der Waals surface area contributed by atoms with E-state index >= 15 is 0 Å². The summed E-state index contributed by atoms with van der Waals surface area (Å²) < 4.78 is 33.6. The van der Waals surface area contributed by atoms with Crippen molar-refractivity contribution in [2.75, 3.05) is 4.72 Å². The summed E-state index contributed by atoms with van der Waals surface area (Å²) in [5.41, 5.74) is 4.08. The van der Waals surface area contributed by atoms with Gasteiger partial charge in [-0.05, 0) is 55.5 Å². The molecule has 0 saturated carbocycles. The van der Waals surface area contributed by atoms with Gasteiger partial charge in [0, 0.05) is 16.0 Å². The summed E-state index contributed by atoms with van der Waals surface area (Å²) in [6, 6.07) is 21.3. The minimum Gasteiger partial charge on any atom is -0.455 e. The van der Waals surface area contributed by atoms with Crippen LogP contribution in [0.3, 0.4) is 0 Å². The average molecular weight is 468 g/mol. The Morgan fingerprint density at radius 1 is 0.969 bits per heavy atom. The smallest absolute Gasteiger partial charge is 0.271 e. The van der Waals surface area contributed by atoms with Crippen LogP contribution in [0.15, 0.2) is 93.3 Å². The highest BCUT2D eigenvalue weighted by atomic mass is 35.5. The fraction of sp³-hybridized carbons (Fsp3) is 0.0435. The fourth-order valence-electron chi connectivity index (χ4n) is 2.98. The van der Waals surface area contributed by atoms with E-state index in [1.54, 1.807) is 25.1 Å². The Balaban J connectivity index is 1.51. The topological polar surface area (TPSA) is 101 Å². The molecule has 32 heavy (non-hydrogen) atoms. The van der Waals surface area contributed by atoms with Gasteiger partial charge in [0.15, 0.2) is 5.76 Å². The van der Waals surface area contributed by atoms with Crippen LogP contribution < -0.4 is 10.1 Å². The Bertz CT molecular complexity index is 1410. The fourth-order valence-corrected chi connectivity index (χ4v) is 4.27. The normalized spacial score (nSPS) is 12.0. The molecule has 1 heterocycles. The van der Waals surface area contributed by atoms with Crippen LogP contribution in [-0.4, -0.2) is 20.0 Å². The van der Waals surface area contributed by atoms with E-state index in [2.05, 4.69) is 15.2 Å². The highest BCUT2D eigenvalue weighted by Gasteiger charge is 2.17. The van der Waals surface area contributed by atoms with Crippen LogP contribution >= 0.6 is 11.6 Å². The number of amides is 1. The standard InChI is InChI=1S/C23H18ClN3O4S/c1-15(22-13-16-6-2-3-11-21(16)31-22)25-26-23(28)17-7-4-10-20(12-17)32(29,30)27-19-9-5-8-18(24)14-19/h2-14,27H,1H3,(H,26,28)/b25-15-. The van der Waals surface area contributed by atoms with Crippen LogP contribution in [0.4, 0.5) is 5.69 Å². The van der Waals surface area contributed by atoms with Gasteiger partial charge >= 0.3 is 0 Å². The molecule has 1 amide bonds. The van der Waals surface area contributed by atoms with Gasteiger partial charge in [-0.1, -0.05) is 41.9 Å². The van der Waals surface area contributed by atoms with Crippen molar-refractivity contribution in [1.29, 1.82) is 0 Å². The Labute approximate surface area is 189 Å². The van der Waals surface area contributed by atoms with E-state index in [1.165, 1.54) is 30.3 Å². The first-order valence-corrected chi connectivity index (χ1v) is 11.4. The maximum Gasteiger partial charge on any atom is 0.271 e. The summed E-state index contributed by atoms with van der Waals surface area (Å²) in [6.45, 7) is 1.70. The monoisotopic (exact) mass is 467 g/mol. The molecule has 2 N–H and O–H groups in total. The van der Waals surface area contributed by atoms with Crippen molar-refractivity contribution in [3.05, 3.63) is 95.2 Å². The molecular weight excluding hydrogens is 450 g/mol. The number of carbonyl (C=O) groups excluding carboxylic acids is 1. The summed E-state index contributed by atoms with van der Waals surface area (Å²) in [4.78, 5) is 12.5. The Morgan fingerprint density at radius 2 is 1.75 bits per heavy atom. The number of carbonyl (C=O) groups is 1. The Kier molecular flexibility index (Phi) is 5.98. The number of hydrogen-bond donors (Lipinski definition) is 2. The van der Waals surface area contributed by atoms with E-state index < -0.39 is 15.9 Å². The van der Waals surface area contributed by atoms with Gasteiger partial charge in [-0.2, -0.15) is 5.10 Å². The van der Waals surface area contributed by atoms with Crippen molar-refractivity contribution in [2.45, 2.75) is 11.8 Å². The molecular formula is C23H18ClN3O4S. The van der Waals surface area contributed by atoms with Gasteiger partial charge < -0.3 is 4.42 Å². The van der Waals surface area contributed by atoms with Gasteiger partial charge in [0.1, 0.15) is 11.3 Å². The number of nitrogens with zero attached hydrogens (tertiary/aromatic N) is 1. The second-order valence-corrected chi connectivity index (χ2v) is 9.05. The van der Waals surface area contributed by atoms with Gasteiger partial charge in [0.25, 0.3) is 15.9 Å². The predicted molar refractivity (Wildman–Crippen MR) is 125 cm³/mol. The molecule has 0 aliphatic heterocycles. The predicted octanol–water partition coefficient (Wildman–Crippen LogP) is 5.04. The van der Waals surface area contributed by atoms with Crippen LogP contribution in [-0.2, 0) is 10.0 Å². The molecule has 0 fully saturated rings. The van der Waals surface area contributed by atoms with Crippen LogP contribution in [0, 0.1) is 0 Å². The highest BCUT2D eigenvalue weighted by Crippen LogP contribution is 2.21. The largest absolute Gasteiger partial charge is 0.455 e. The van der Waals surface area contributed by atoms with Gasteiger partial charge in [0.05, 0.1) is 10.6 Å². The minimum absolute atomic E-state index is 0.0666. The number of para-hydroxylation sites is 1. The second kappa shape index (κ2) is 8.86. The Hall–Kier alpha value is -3.62. The molecule has 0 radical (unpaired) electrons. The molecule has 0 bridgehead atoms. The zero-order valence-electron chi connectivity index (χ0n) is 16.9. The molecule has 0 atom stereocenters. The van der Waals surface area contributed by atoms with E-state index in [0.717, 1.165) is 5.39 Å². The van der Waals surface area contributed by atoms with Gasteiger partial charge in [-0.3, -0.25) is 9.52 Å². The number of hydrazone groups is 1. The lowest BCUT2D eigenvalue weighted by Crippen LogP contribution is -2.20. The lowest BCUT2D eigenvalue weighted by Gasteiger charge is -2.09. The van der Waals surface area contributed by atoms with E-state index in [0.29, 0.717) is 27.8 Å². The van der Waals surface area contributed by atoms with Crippen molar-refractivity contribution in [3.63, 3.8) is 0 Å². The van der Waals surface area contributed by atoms with Gasteiger partial charge in [-0.25, -0.2) is 13.8 Å². The molecule has 0 saturated heterocycles. The van der Waals surface area contributed by atoms with Crippen molar-refractivity contribution >= 4 is 49.9 Å². The van der Waals surface area contributed by atoms with Crippen LogP contribution in [0.2, 0.25) is 5.02 Å². The summed E-state index contributed by atoms with van der Waals surface area (Å²) >= 11 is 5.91. The molecule has 1 aromatic heterocycles. The molecule has 162 valence electrons.